The van der Waals surface area contributed by atoms with E-state index in [1.807, 2.05) is 20.8 Å². The van der Waals surface area contributed by atoms with E-state index in [2.05, 4.69) is 10.5 Å². The molecule has 6 heteroatoms. The molecule has 0 bridgehead atoms. The van der Waals surface area contributed by atoms with Crippen molar-refractivity contribution in [2.75, 3.05) is 6.61 Å². The number of aliphatic hydroxyl groups is 1. The fraction of sp³-hybridized carbons (Fsp3) is 0.412. The maximum atomic E-state index is 11.8. The molecule has 6 nitrogen and oxygen atoms in total. The highest BCUT2D eigenvalue weighted by atomic mass is 16.5. The fourth-order valence-electron chi connectivity index (χ4n) is 2.16. The van der Waals surface area contributed by atoms with Gasteiger partial charge < -0.3 is 19.7 Å². The molecule has 0 aliphatic carbocycles. The molecule has 0 aliphatic rings. The minimum absolute atomic E-state index is 0.0704. The SMILES string of the molecule is CC[C@H](O)c1ccc(OCC(=O)NCc2c(C)noc2C)cc1. The van der Waals surface area contributed by atoms with Crippen LogP contribution in [0.5, 0.6) is 5.75 Å². The molecule has 0 unspecified atom stereocenters. The zero-order valence-electron chi connectivity index (χ0n) is 13.6. The number of hydrogen-bond acceptors (Lipinski definition) is 5. The zero-order valence-corrected chi connectivity index (χ0v) is 13.6. The molecule has 0 spiro atoms. The van der Waals surface area contributed by atoms with Crippen LogP contribution in [0.2, 0.25) is 0 Å². The summed E-state index contributed by atoms with van der Waals surface area (Å²) in [4.78, 5) is 11.8. The highest BCUT2D eigenvalue weighted by Crippen LogP contribution is 2.19. The van der Waals surface area contributed by atoms with Crippen molar-refractivity contribution in [3.63, 3.8) is 0 Å². The van der Waals surface area contributed by atoms with Gasteiger partial charge in [0.1, 0.15) is 11.5 Å². The van der Waals surface area contributed by atoms with Gasteiger partial charge in [-0.25, -0.2) is 0 Å². The quantitative estimate of drug-likeness (QED) is 0.819. The maximum absolute atomic E-state index is 11.8. The molecule has 2 rings (SSSR count). The lowest BCUT2D eigenvalue weighted by atomic mass is 10.1. The van der Waals surface area contributed by atoms with Gasteiger partial charge in [0.15, 0.2) is 6.61 Å². The maximum Gasteiger partial charge on any atom is 0.258 e. The molecular weight excluding hydrogens is 296 g/mol. The zero-order chi connectivity index (χ0) is 16.8. The summed E-state index contributed by atoms with van der Waals surface area (Å²) in [6.07, 6.45) is 0.187. The Hall–Kier alpha value is -2.34. The van der Waals surface area contributed by atoms with Crippen molar-refractivity contribution in [2.45, 2.75) is 39.8 Å². The number of hydrogen-bond donors (Lipinski definition) is 2. The molecule has 0 fully saturated rings. The lowest BCUT2D eigenvalue weighted by Crippen LogP contribution is -2.28. The largest absolute Gasteiger partial charge is 0.484 e. The first-order valence-electron chi connectivity index (χ1n) is 7.60. The van der Waals surface area contributed by atoms with Gasteiger partial charge in [0.25, 0.3) is 5.91 Å². The first-order chi connectivity index (χ1) is 11.0. The van der Waals surface area contributed by atoms with E-state index in [-0.39, 0.29) is 12.5 Å². The molecule has 0 saturated heterocycles. The topological polar surface area (TPSA) is 84.6 Å². The third-order valence-corrected chi connectivity index (χ3v) is 3.67. The summed E-state index contributed by atoms with van der Waals surface area (Å²) in [6.45, 7) is 5.85. The number of nitrogens with one attached hydrogen (secondary N) is 1. The Morgan fingerprint density at radius 1 is 1.35 bits per heavy atom. The minimum Gasteiger partial charge on any atom is -0.484 e. The fourth-order valence-corrected chi connectivity index (χ4v) is 2.16. The van der Waals surface area contributed by atoms with Gasteiger partial charge in [-0.05, 0) is 38.0 Å². The van der Waals surface area contributed by atoms with E-state index in [0.29, 0.717) is 24.5 Å². The highest BCUT2D eigenvalue weighted by Gasteiger charge is 2.11. The van der Waals surface area contributed by atoms with Crippen molar-refractivity contribution in [1.29, 1.82) is 0 Å². The number of carbonyl (C=O) groups is 1. The molecule has 2 N–H and O–H groups in total. The van der Waals surface area contributed by atoms with Crippen molar-refractivity contribution in [3.8, 4) is 5.75 Å². The lowest BCUT2D eigenvalue weighted by molar-refractivity contribution is -0.123. The third kappa shape index (κ3) is 4.56. The highest BCUT2D eigenvalue weighted by molar-refractivity contribution is 5.77. The van der Waals surface area contributed by atoms with Crippen LogP contribution in [-0.2, 0) is 11.3 Å². The number of aliphatic hydroxyl groups excluding tert-OH is 1. The number of nitrogens with zero attached hydrogens (tertiary/aromatic N) is 1. The van der Waals surface area contributed by atoms with Crippen molar-refractivity contribution in [1.82, 2.24) is 10.5 Å². The average molecular weight is 318 g/mol. The summed E-state index contributed by atoms with van der Waals surface area (Å²) in [7, 11) is 0. The van der Waals surface area contributed by atoms with Crippen LogP contribution in [0.3, 0.4) is 0 Å². The smallest absolute Gasteiger partial charge is 0.258 e. The Bertz CT molecular complexity index is 630. The molecule has 1 aromatic heterocycles. The second-order valence-electron chi connectivity index (χ2n) is 5.36. The Kier molecular flexibility index (Phi) is 5.76. The Labute approximate surface area is 135 Å². The normalized spacial score (nSPS) is 12.0. The second-order valence-corrected chi connectivity index (χ2v) is 5.36. The van der Waals surface area contributed by atoms with Crippen LogP contribution in [0.4, 0.5) is 0 Å². The standard InChI is InChI=1S/C17H22N2O4/c1-4-16(20)13-5-7-14(8-6-13)22-10-17(21)18-9-15-11(2)19-23-12(15)3/h5-8,16,20H,4,9-10H2,1-3H3,(H,18,21)/t16-/m0/s1. The van der Waals surface area contributed by atoms with Crippen LogP contribution >= 0.6 is 0 Å². The van der Waals surface area contributed by atoms with E-state index in [9.17, 15) is 9.90 Å². The molecule has 0 radical (unpaired) electrons. The third-order valence-electron chi connectivity index (χ3n) is 3.67. The summed E-state index contributed by atoms with van der Waals surface area (Å²) in [5.41, 5.74) is 2.49. The summed E-state index contributed by atoms with van der Waals surface area (Å²) in [5, 5.41) is 16.3. The molecule has 124 valence electrons. The van der Waals surface area contributed by atoms with Crippen LogP contribution in [0.15, 0.2) is 28.8 Å². The van der Waals surface area contributed by atoms with Crippen LogP contribution in [0, 0.1) is 13.8 Å². The summed E-state index contributed by atoms with van der Waals surface area (Å²) in [5.74, 6) is 1.07. The van der Waals surface area contributed by atoms with Gasteiger partial charge in [0, 0.05) is 12.1 Å². The molecule has 0 aliphatic heterocycles. The molecular formula is C17H22N2O4. The van der Waals surface area contributed by atoms with E-state index in [0.717, 1.165) is 16.8 Å². The van der Waals surface area contributed by atoms with Gasteiger partial charge in [-0.2, -0.15) is 0 Å². The molecule has 0 saturated carbocycles. The number of rotatable bonds is 7. The van der Waals surface area contributed by atoms with Gasteiger partial charge in [-0.1, -0.05) is 24.2 Å². The van der Waals surface area contributed by atoms with Crippen molar-refractivity contribution < 1.29 is 19.2 Å². The Morgan fingerprint density at radius 2 is 2.04 bits per heavy atom. The Balaban J connectivity index is 1.80. The van der Waals surface area contributed by atoms with Gasteiger partial charge in [0.2, 0.25) is 0 Å². The van der Waals surface area contributed by atoms with E-state index >= 15 is 0 Å². The van der Waals surface area contributed by atoms with Crippen molar-refractivity contribution in [3.05, 3.63) is 46.8 Å². The number of ether oxygens (including phenoxy) is 1. The number of aromatic nitrogens is 1. The first-order valence-corrected chi connectivity index (χ1v) is 7.60. The van der Waals surface area contributed by atoms with E-state index in [1.165, 1.54) is 0 Å². The van der Waals surface area contributed by atoms with Gasteiger partial charge in [-0.3, -0.25) is 4.79 Å². The predicted octanol–water partition coefficient (Wildman–Crippen LogP) is 2.43. The van der Waals surface area contributed by atoms with Crippen LogP contribution in [-0.4, -0.2) is 22.8 Å². The molecule has 23 heavy (non-hydrogen) atoms. The predicted molar refractivity (Wildman–Crippen MR) is 85.0 cm³/mol. The molecule has 1 atom stereocenters. The number of amides is 1. The van der Waals surface area contributed by atoms with E-state index < -0.39 is 6.10 Å². The van der Waals surface area contributed by atoms with Crippen LogP contribution in [0.1, 0.15) is 42.0 Å². The van der Waals surface area contributed by atoms with Gasteiger partial charge >= 0.3 is 0 Å². The lowest BCUT2D eigenvalue weighted by Gasteiger charge is -2.10. The van der Waals surface area contributed by atoms with Crippen LogP contribution < -0.4 is 10.1 Å². The summed E-state index contributed by atoms with van der Waals surface area (Å²) < 4.78 is 10.5. The average Bonchev–Trinajstić information content (AvgIpc) is 2.89. The summed E-state index contributed by atoms with van der Waals surface area (Å²) in [6, 6.07) is 7.09. The van der Waals surface area contributed by atoms with E-state index in [1.54, 1.807) is 24.3 Å². The first kappa shape index (κ1) is 17.0. The molecule has 2 aromatic rings. The van der Waals surface area contributed by atoms with Crippen LogP contribution in [0.25, 0.3) is 0 Å². The van der Waals surface area contributed by atoms with Gasteiger partial charge in [0.05, 0.1) is 11.8 Å². The number of carbonyl (C=O) groups excluding carboxylic acids is 1. The second kappa shape index (κ2) is 7.78. The number of aryl methyl sites for hydroxylation is 2. The van der Waals surface area contributed by atoms with E-state index in [4.69, 9.17) is 9.26 Å². The number of benzene rings is 1. The summed E-state index contributed by atoms with van der Waals surface area (Å²) >= 11 is 0. The molecule has 1 aromatic carbocycles. The monoisotopic (exact) mass is 318 g/mol. The minimum atomic E-state index is -0.470. The molecule has 1 amide bonds. The van der Waals surface area contributed by atoms with Crippen molar-refractivity contribution in [2.24, 2.45) is 0 Å². The van der Waals surface area contributed by atoms with Gasteiger partial charge in [-0.15, -0.1) is 0 Å². The van der Waals surface area contributed by atoms with Crippen molar-refractivity contribution >= 4 is 5.91 Å². The molecule has 1 heterocycles. The Morgan fingerprint density at radius 3 is 2.61 bits per heavy atom.